The number of rotatable bonds is 3. The summed E-state index contributed by atoms with van der Waals surface area (Å²) in [5.41, 5.74) is 0.155. The van der Waals surface area contributed by atoms with Crippen molar-refractivity contribution in [3.63, 3.8) is 0 Å². The average Bonchev–Trinajstić information content (AvgIpc) is 2.92. The van der Waals surface area contributed by atoms with E-state index in [4.69, 9.17) is 9.47 Å². The minimum absolute atomic E-state index is 0.0424. The van der Waals surface area contributed by atoms with Gasteiger partial charge in [-0.25, -0.2) is 14.2 Å². The van der Waals surface area contributed by atoms with Crippen LogP contribution in [0.2, 0.25) is 0 Å². The van der Waals surface area contributed by atoms with E-state index >= 15 is 0 Å². The third kappa shape index (κ3) is 3.95. The maximum Gasteiger partial charge on any atom is 0.419 e. The summed E-state index contributed by atoms with van der Waals surface area (Å²) >= 11 is 0. The Labute approximate surface area is 156 Å². The van der Waals surface area contributed by atoms with Gasteiger partial charge >= 0.3 is 12.1 Å². The van der Waals surface area contributed by atoms with Gasteiger partial charge in [-0.05, 0) is 38.5 Å². The maximum atomic E-state index is 12.8. The molecule has 1 heterocycles. The van der Waals surface area contributed by atoms with Gasteiger partial charge in [0.05, 0.1) is 5.52 Å². The summed E-state index contributed by atoms with van der Waals surface area (Å²) in [6, 6.07) is 15.9. The van der Waals surface area contributed by atoms with Crippen LogP contribution in [-0.2, 0) is 16.1 Å². The molecular formula is C21H21NO5. The summed E-state index contributed by atoms with van der Waals surface area (Å²) in [6.07, 6.45) is -0.767. The molecule has 140 valence electrons. The Morgan fingerprint density at radius 2 is 1.63 bits per heavy atom. The smallest absolute Gasteiger partial charge is 0.419 e. The molecule has 0 aliphatic rings. The molecule has 0 fully saturated rings. The SMILES string of the molecule is CC(C)(C)OC(=O)c1c(O)c2ccccc2n1C(=O)OCc1ccccc1. The Morgan fingerprint density at radius 1 is 1.00 bits per heavy atom. The van der Waals surface area contributed by atoms with E-state index in [0.717, 1.165) is 10.1 Å². The molecule has 1 N–H and O–H groups in total. The van der Waals surface area contributed by atoms with Crippen molar-refractivity contribution in [2.45, 2.75) is 33.0 Å². The fourth-order valence-corrected chi connectivity index (χ4v) is 2.71. The van der Waals surface area contributed by atoms with Crippen molar-refractivity contribution in [3.05, 3.63) is 65.9 Å². The van der Waals surface area contributed by atoms with E-state index in [0.29, 0.717) is 10.9 Å². The predicted molar refractivity (Wildman–Crippen MR) is 101 cm³/mol. The molecule has 6 nitrogen and oxygen atoms in total. The maximum absolute atomic E-state index is 12.8. The van der Waals surface area contributed by atoms with E-state index in [1.165, 1.54) is 0 Å². The first-order valence-electron chi connectivity index (χ1n) is 8.55. The first kappa shape index (κ1) is 18.5. The first-order valence-corrected chi connectivity index (χ1v) is 8.55. The highest BCUT2D eigenvalue weighted by Crippen LogP contribution is 2.33. The van der Waals surface area contributed by atoms with Crippen LogP contribution in [0.5, 0.6) is 5.75 Å². The predicted octanol–water partition coefficient (Wildman–Crippen LogP) is 4.49. The molecule has 0 atom stereocenters. The molecule has 0 unspecified atom stereocenters. The summed E-state index contributed by atoms with van der Waals surface area (Å²) in [5.74, 6) is -1.11. The van der Waals surface area contributed by atoms with Gasteiger partial charge in [-0.1, -0.05) is 42.5 Å². The van der Waals surface area contributed by atoms with Gasteiger partial charge in [0, 0.05) is 5.39 Å². The molecular weight excluding hydrogens is 346 g/mol. The zero-order valence-corrected chi connectivity index (χ0v) is 15.4. The molecule has 0 bridgehead atoms. The number of nitrogens with zero attached hydrogens (tertiary/aromatic N) is 1. The molecule has 3 rings (SSSR count). The second-order valence-electron chi connectivity index (χ2n) is 7.09. The molecule has 6 heteroatoms. The van der Waals surface area contributed by atoms with Gasteiger partial charge in [0.25, 0.3) is 0 Å². The summed E-state index contributed by atoms with van der Waals surface area (Å²) in [4.78, 5) is 25.4. The number of esters is 1. The van der Waals surface area contributed by atoms with Crippen LogP contribution in [-0.4, -0.2) is 27.3 Å². The van der Waals surface area contributed by atoms with Gasteiger partial charge in [-0.15, -0.1) is 0 Å². The Kier molecular flexibility index (Phi) is 4.90. The number of hydrogen-bond donors (Lipinski definition) is 1. The van der Waals surface area contributed by atoms with Crippen LogP contribution in [0.1, 0.15) is 36.8 Å². The van der Waals surface area contributed by atoms with E-state index < -0.39 is 17.7 Å². The molecule has 0 radical (unpaired) electrons. The zero-order chi connectivity index (χ0) is 19.6. The Hall–Kier alpha value is -3.28. The Balaban J connectivity index is 2.00. The number of benzene rings is 2. The fourth-order valence-electron chi connectivity index (χ4n) is 2.71. The van der Waals surface area contributed by atoms with Gasteiger partial charge in [0.15, 0.2) is 11.4 Å². The molecule has 0 spiro atoms. The third-order valence-corrected chi connectivity index (χ3v) is 3.83. The minimum Gasteiger partial charge on any atom is -0.505 e. The highest BCUT2D eigenvalue weighted by atomic mass is 16.6. The summed E-state index contributed by atoms with van der Waals surface area (Å²) in [5, 5.41) is 10.9. The molecule has 2 aromatic carbocycles. The van der Waals surface area contributed by atoms with Crippen LogP contribution in [0, 0.1) is 0 Å². The first-order chi connectivity index (χ1) is 12.8. The molecule has 0 saturated heterocycles. The Morgan fingerprint density at radius 3 is 2.30 bits per heavy atom. The fraction of sp³-hybridized carbons (Fsp3) is 0.238. The topological polar surface area (TPSA) is 77.8 Å². The molecule has 3 aromatic rings. The second-order valence-corrected chi connectivity index (χ2v) is 7.09. The number of para-hydroxylation sites is 1. The van der Waals surface area contributed by atoms with Crippen LogP contribution < -0.4 is 0 Å². The van der Waals surface area contributed by atoms with Crippen molar-refractivity contribution in [2.24, 2.45) is 0 Å². The van der Waals surface area contributed by atoms with Crippen LogP contribution in [0.4, 0.5) is 4.79 Å². The van der Waals surface area contributed by atoms with Crippen LogP contribution in [0.3, 0.4) is 0 Å². The number of carbonyl (C=O) groups excluding carboxylic acids is 2. The lowest BCUT2D eigenvalue weighted by Gasteiger charge is -2.20. The third-order valence-electron chi connectivity index (χ3n) is 3.83. The summed E-state index contributed by atoms with van der Waals surface area (Å²) < 4.78 is 11.8. The van der Waals surface area contributed by atoms with Crippen molar-refractivity contribution in [1.82, 2.24) is 4.57 Å². The lowest BCUT2D eigenvalue weighted by Crippen LogP contribution is -2.27. The van der Waals surface area contributed by atoms with Crippen molar-refractivity contribution in [2.75, 3.05) is 0 Å². The number of aromatic nitrogens is 1. The van der Waals surface area contributed by atoms with Gasteiger partial charge in [-0.3, -0.25) is 0 Å². The zero-order valence-electron chi connectivity index (χ0n) is 15.4. The van der Waals surface area contributed by atoms with E-state index in [1.807, 2.05) is 30.3 Å². The van der Waals surface area contributed by atoms with E-state index in [2.05, 4.69) is 0 Å². The van der Waals surface area contributed by atoms with Gasteiger partial charge < -0.3 is 14.6 Å². The standard InChI is InChI=1S/C21H21NO5/c1-21(2,3)27-19(24)17-18(23)15-11-7-8-12-16(15)22(17)20(25)26-13-14-9-5-4-6-10-14/h4-12,23H,13H2,1-3H3. The normalized spacial score (nSPS) is 11.4. The van der Waals surface area contributed by atoms with Gasteiger partial charge in [0.1, 0.15) is 12.2 Å². The minimum atomic E-state index is -0.798. The van der Waals surface area contributed by atoms with Crippen molar-refractivity contribution in [3.8, 4) is 5.75 Å². The lowest BCUT2D eigenvalue weighted by molar-refractivity contribution is 0.00543. The van der Waals surface area contributed by atoms with Crippen molar-refractivity contribution in [1.29, 1.82) is 0 Å². The van der Waals surface area contributed by atoms with E-state index in [1.54, 1.807) is 45.0 Å². The van der Waals surface area contributed by atoms with Crippen LogP contribution >= 0.6 is 0 Å². The lowest BCUT2D eigenvalue weighted by atomic mass is 10.2. The molecule has 0 amide bonds. The van der Waals surface area contributed by atoms with Gasteiger partial charge in [0.2, 0.25) is 0 Å². The number of aromatic hydroxyl groups is 1. The van der Waals surface area contributed by atoms with E-state index in [9.17, 15) is 14.7 Å². The number of hydrogen-bond acceptors (Lipinski definition) is 5. The van der Waals surface area contributed by atoms with Crippen LogP contribution in [0.25, 0.3) is 10.9 Å². The van der Waals surface area contributed by atoms with E-state index in [-0.39, 0.29) is 18.1 Å². The number of fused-ring (bicyclic) bond motifs is 1. The quantitative estimate of drug-likeness (QED) is 0.690. The average molecular weight is 367 g/mol. The second kappa shape index (κ2) is 7.15. The number of carbonyl (C=O) groups is 2. The molecule has 0 saturated carbocycles. The summed E-state index contributed by atoms with van der Waals surface area (Å²) in [6.45, 7) is 5.18. The molecule has 27 heavy (non-hydrogen) atoms. The van der Waals surface area contributed by atoms with Gasteiger partial charge in [-0.2, -0.15) is 0 Å². The van der Waals surface area contributed by atoms with Crippen molar-refractivity contribution >= 4 is 23.0 Å². The monoisotopic (exact) mass is 367 g/mol. The number of ether oxygens (including phenoxy) is 2. The molecule has 0 aliphatic carbocycles. The largest absolute Gasteiger partial charge is 0.505 e. The molecule has 0 aliphatic heterocycles. The van der Waals surface area contributed by atoms with Crippen LogP contribution in [0.15, 0.2) is 54.6 Å². The highest BCUT2D eigenvalue weighted by molar-refractivity contribution is 6.06. The summed E-state index contributed by atoms with van der Waals surface area (Å²) in [7, 11) is 0. The Bertz CT molecular complexity index is 983. The van der Waals surface area contributed by atoms with Crippen molar-refractivity contribution < 1.29 is 24.2 Å². The highest BCUT2D eigenvalue weighted by Gasteiger charge is 2.30. The molecule has 1 aromatic heterocycles.